The summed E-state index contributed by atoms with van der Waals surface area (Å²) < 4.78 is 4.99. The van der Waals surface area contributed by atoms with Crippen molar-refractivity contribution in [1.29, 1.82) is 0 Å². The van der Waals surface area contributed by atoms with Crippen molar-refractivity contribution >= 4 is 12.1 Å². The minimum Gasteiger partial charge on any atom is -0.479 e. The van der Waals surface area contributed by atoms with Gasteiger partial charge in [0.1, 0.15) is 0 Å². The van der Waals surface area contributed by atoms with Crippen molar-refractivity contribution in [3.8, 4) is 0 Å². The van der Waals surface area contributed by atoms with E-state index in [4.69, 9.17) is 4.74 Å². The number of ether oxygens (including phenoxy) is 1. The zero-order chi connectivity index (χ0) is 16.7. The van der Waals surface area contributed by atoms with E-state index in [9.17, 15) is 19.8 Å². The molecule has 21 heavy (non-hydrogen) atoms. The first-order chi connectivity index (χ1) is 9.63. The molecule has 0 spiro atoms. The van der Waals surface area contributed by atoms with Gasteiger partial charge < -0.3 is 20.3 Å². The normalized spacial score (nSPS) is 15.9. The van der Waals surface area contributed by atoms with Crippen LogP contribution in [0, 0.1) is 5.41 Å². The molecule has 124 valence electrons. The molecule has 2 atom stereocenters. The Kier molecular flexibility index (Phi) is 7.71. The van der Waals surface area contributed by atoms with E-state index in [1.54, 1.807) is 20.8 Å². The first-order valence-corrected chi connectivity index (χ1v) is 7.49. The van der Waals surface area contributed by atoms with Crippen molar-refractivity contribution in [3.63, 3.8) is 0 Å². The summed E-state index contributed by atoms with van der Waals surface area (Å²) in [6.45, 7) is 9.05. The molecule has 6 nitrogen and oxygen atoms in total. The molecule has 0 saturated carbocycles. The number of carbonyl (C=O) groups excluding carboxylic acids is 1. The largest absolute Gasteiger partial charge is 0.479 e. The highest BCUT2D eigenvalue weighted by Crippen LogP contribution is 2.35. The molecular formula is C15H29NO5. The smallest absolute Gasteiger partial charge is 0.408 e. The summed E-state index contributed by atoms with van der Waals surface area (Å²) in [5.74, 6) is -1.26. The van der Waals surface area contributed by atoms with Gasteiger partial charge in [-0.15, -0.1) is 0 Å². The molecule has 0 radical (unpaired) electrons. The standard InChI is InChI=1S/C15H29NO5/c1-6-8-10-21-13(20)16-15(12(18)19,14(3,4)5)11(17)9-7-2/h11,17H,6-10H2,1-5H3,(H,16,20)(H,18,19)/t11-,15+/m1/s1. The molecule has 0 aliphatic heterocycles. The van der Waals surface area contributed by atoms with Crippen LogP contribution in [0.15, 0.2) is 0 Å². The lowest BCUT2D eigenvalue weighted by atomic mass is 9.69. The number of alkyl carbamates (subject to hydrolysis) is 1. The van der Waals surface area contributed by atoms with Crippen molar-refractivity contribution < 1.29 is 24.5 Å². The molecule has 0 aliphatic carbocycles. The number of amides is 1. The highest BCUT2D eigenvalue weighted by Gasteiger charge is 2.55. The number of aliphatic hydroxyl groups is 1. The monoisotopic (exact) mass is 303 g/mol. The Morgan fingerprint density at radius 2 is 1.76 bits per heavy atom. The molecule has 0 fully saturated rings. The van der Waals surface area contributed by atoms with Crippen molar-refractivity contribution in [2.75, 3.05) is 6.61 Å². The van der Waals surface area contributed by atoms with Gasteiger partial charge in [0.15, 0.2) is 5.54 Å². The minimum atomic E-state index is -1.79. The summed E-state index contributed by atoms with van der Waals surface area (Å²) in [5.41, 5.74) is -2.66. The molecule has 0 rings (SSSR count). The molecule has 3 N–H and O–H groups in total. The summed E-state index contributed by atoms with van der Waals surface area (Å²) in [6, 6.07) is 0. The number of hydrogen-bond acceptors (Lipinski definition) is 4. The van der Waals surface area contributed by atoms with Gasteiger partial charge in [0.05, 0.1) is 12.7 Å². The molecule has 0 aliphatic rings. The molecule has 0 saturated heterocycles. The fraction of sp³-hybridized carbons (Fsp3) is 0.867. The van der Waals surface area contributed by atoms with Crippen LogP contribution in [0.3, 0.4) is 0 Å². The summed E-state index contributed by atoms with van der Waals surface area (Å²) in [6.07, 6.45) is 0.461. The van der Waals surface area contributed by atoms with Gasteiger partial charge in [0, 0.05) is 0 Å². The van der Waals surface area contributed by atoms with E-state index in [2.05, 4.69) is 5.32 Å². The number of nitrogens with one attached hydrogen (secondary N) is 1. The third kappa shape index (κ3) is 4.88. The maximum absolute atomic E-state index is 11.9. The number of hydrogen-bond donors (Lipinski definition) is 3. The van der Waals surface area contributed by atoms with Crippen LogP contribution in [0.4, 0.5) is 4.79 Å². The fourth-order valence-electron chi connectivity index (χ4n) is 2.28. The summed E-state index contributed by atoms with van der Waals surface area (Å²) in [5, 5.41) is 22.4. The topological polar surface area (TPSA) is 95.9 Å². The number of unbranched alkanes of at least 4 members (excludes halogenated alkanes) is 1. The third-order valence-corrected chi connectivity index (χ3v) is 3.61. The van der Waals surface area contributed by atoms with Crippen LogP contribution in [0.5, 0.6) is 0 Å². The summed E-state index contributed by atoms with van der Waals surface area (Å²) in [7, 11) is 0. The Morgan fingerprint density at radius 3 is 2.14 bits per heavy atom. The summed E-state index contributed by atoms with van der Waals surface area (Å²) in [4.78, 5) is 23.7. The van der Waals surface area contributed by atoms with Crippen molar-refractivity contribution in [2.24, 2.45) is 5.41 Å². The Morgan fingerprint density at radius 1 is 1.19 bits per heavy atom. The zero-order valence-electron chi connectivity index (χ0n) is 13.7. The van der Waals surface area contributed by atoms with E-state index in [-0.39, 0.29) is 13.0 Å². The average molecular weight is 303 g/mol. The number of aliphatic hydroxyl groups excluding tert-OH is 1. The predicted molar refractivity (Wildman–Crippen MR) is 80.1 cm³/mol. The van der Waals surface area contributed by atoms with E-state index >= 15 is 0 Å². The minimum absolute atomic E-state index is 0.228. The van der Waals surface area contributed by atoms with Gasteiger partial charge in [-0.2, -0.15) is 0 Å². The lowest BCUT2D eigenvalue weighted by Gasteiger charge is -2.44. The number of carboxylic acids is 1. The average Bonchev–Trinajstić information content (AvgIpc) is 2.34. The fourth-order valence-corrected chi connectivity index (χ4v) is 2.28. The predicted octanol–water partition coefficient (Wildman–Crippen LogP) is 2.54. The number of aliphatic carboxylic acids is 1. The van der Waals surface area contributed by atoms with E-state index < -0.39 is 29.1 Å². The lowest BCUT2D eigenvalue weighted by molar-refractivity contribution is -0.158. The van der Waals surface area contributed by atoms with Gasteiger partial charge in [-0.05, 0) is 18.3 Å². The summed E-state index contributed by atoms with van der Waals surface area (Å²) >= 11 is 0. The van der Waals surface area contributed by atoms with Crippen LogP contribution in [0.25, 0.3) is 0 Å². The number of carbonyl (C=O) groups is 2. The van der Waals surface area contributed by atoms with Crippen LogP contribution >= 0.6 is 0 Å². The molecule has 0 heterocycles. The highest BCUT2D eigenvalue weighted by molar-refractivity contribution is 5.86. The molecule has 0 aromatic rings. The quantitative estimate of drug-likeness (QED) is 0.599. The Labute approximate surface area is 126 Å². The zero-order valence-corrected chi connectivity index (χ0v) is 13.7. The van der Waals surface area contributed by atoms with Gasteiger partial charge in [-0.3, -0.25) is 0 Å². The Bertz CT molecular complexity index is 350. The van der Waals surface area contributed by atoms with Gasteiger partial charge in [-0.25, -0.2) is 9.59 Å². The highest BCUT2D eigenvalue weighted by atomic mass is 16.5. The Balaban J connectivity index is 5.29. The van der Waals surface area contributed by atoms with E-state index in [1.165, 1.54) is 0 Å². The van der Waals surface area contributed by atoms with Gasteiger partial charge in [0.25, 0.3) is 0 Å². The van der Waals surface area contributed by atoms with Crippen molar-refractivity contribution in [2.45, 2.75) is 71.9 Å². The van der Waals surface area contributed by atoms with Gasteiger partial charge >= 0.3 is 12.1 Å². The first-order valence-electron chi connectivity index (χ1n) is 7.49. The molecule has 1 amide bonds. The second-order valence-corrected chi connectivity index (χ2v) is 6.28. The molecule has 0 aromatic heterocycles. The van der Waals surface area contributed by atoms with E-state index in [0.29, 0.717) is 12.8 Å². The molecule has 0 bridgehead atoms. The van der Waals surface area contributed by atoms with E-state index in [0.717, 1.165) is 6.42 Å². The van der Waals surface area contributed by atoms with Crippen LogP contribution in [0.1, 0.15) is 60.3 Å². The molecular weight excluding hydrogens is 274 g/mol. The van der Waals surface area contributed by atoms with Crippen LogP contribution in [-0.2, 0) is 9.53 Å². The van der Waals surface area contributed by atoms with Crippen LogP contribution in [0.2, 0.25) is 0 Å². The first kappa shape index (κ1) is 19.7. The van der Waals surface area contributed by atoms with Crippen LogP contribution < -0.4 is 5.32 Å². The SMILES string of the molecule is CCCCOC(=O)N[C@](C(=O)O)([C@H](O)CCC)C(C)(C)C. The molecule has 0 unspecified atom stereocenters. The van der Waals surface area contributed by atoms with E-state index in [1.807, 2.05) is 13.8 Å². The van der Waals surface area contributed by atoms with Crippen molar-refractivity contribution in [3.05, 3.63) is 0 Å². The number of carboxylic acid groups (broad SMARTS) is 1. The maximum Gasteiger partial charge on any atom is 0.408 e. The molecule has 6 heteroatoms. The second-order valence-electron chi connectivity index (χ2n) is 6.28. The maximum atomic E-state index is 11.9. The van der Waals surface area contributed by atoms with Gasteiger partial charge in [0.2, 0.25) is 0 Å². The Hall–Kier alpha value is -1.30. The second kappa shape index (κ2) is 8.22. The van der Waals surface area contributed by atoms with Gasteiger partial charge in [-0.1, -0.05) is 47.5 Å². The molecule has 0 aromatic carbocycles. The van der Waals surface area contributed by atoms with Crippen molar-refractivity contribution in [1.82, 2.24) is 5.32 Å². The van der Waals surface area contributed by atoms with Crippen LogP contribution in [-0.4, -0.2) is 40.5 Å². The number of rotatable bonds is 8. The third-order valence-electron chi connectivity index (χ3n) is 3.61. The lowest BCUT2D eigenvalue weighted by Crippen LogP contribution is -2.69.